The number of nitrogens with one attached hydrogen (secondary N) is 1. The summed E-state index contributed by atoms with van der Waals surface area (Å²) in [4.78, 5) is 12.5. The van der Waals surface area contributed by atoms with Crippen LogP contribution in [-0.4, -0.2) is 31.7 Å². The summed E-state index contributed by atoms with van der Waals surface area (Å²) >= 11 is 0. The molecule has 0 unspecified atom stereocenters. The van der Waals surface area contributed by atoms with Crippen LogP contribution in [0.5, 0.6) is 0 Å². The molecule has 0 saturated carbocycles. The van der Waals surface area contributed by atoms with E-state index in [0.29, 0.717) is 18.8 Å². The lowest BCUT2D eigenvalue weighted by Crippen LogP contribution is -2.36. The van der Waals surface area contributed by atoms with Crippen LogP contribution >= 0.6 is 0 Å². The molecule has 1 saturated heterocycles. The number of carbonyl (C=O) groups excluding carboxylic acids is 1. The van der Waals surface area contributed by atoms with Crippen LogP contribution in [0.2, 0.25) is 0 Å². The molecule has 1 amide bonds. The van der Waals surface area contributed by atoms with Crippen LogP contribution in [0.4, 0.5) is 10.1 Å². The molecular weight excluding hydrogens is 415 g/mol. The number of piperidine rings is 1. The van der Waals surface area contributed by atoms with Gasteiger partial charge in [-0.15, -0.1) is 0 Å². The predicted molar refractivity (Wildman–Crippen MR) is 119 cm³/mol. The molecular formula is C24H23FN2O3S. The molecule has 1 heterocycles. The Balaban J connectivity index is 1.63. The molecule has 0 radical (unpaired) electrons. The first-order valence-corrected chi connectivity index (χ1v) is 11.7. The topological polar surface area (TPSA) is 66.5 Å². The molecule has 7 heteroatoms. The number of hydrogen-bond donors (Lipinski definition) is 1. The van der Waals surface area contributed by atoms with Crippen LogP contribution in [0.15, 0.2) is 77.7 Å². The number of benzene rings is 3. The van der Waals surface area contributed by atoms with Crippen molar-refractivity contribution in [1.29, 1.82) is 0 Å². The van der Waals surface area contributed by atoms with Gasteiger partial charge >= 0.3 is 0 Å². The van der Waals surface area contributed by atoms with E-state index in [2.05, 4.69) is 5.32 Å². The Morgan fingerprint density at radius 1 is 0.871 bits per heavy atom. The average molecular weight is 439 g/mol. The third-order valence-electron chi connectivity index (χ3n) is 5.39. The predicted octanol–water partition coefficient (Wildman–Crippen LogP) is 4.92. The molecule has 1 fully saturated rings. The number of anilines is 1. The zero-order chi connectivity index (χ0) is 21.8. The van der Waals surface area contributed by atoms with Crippen molar-refractivity contribution >= 4 is 21.6 Å². The molecule has 3 aromatic carbocycles. The van der Waals surface area contributed by atoms with E-state index in [1.807, 2.05) is 42.5 Å². The average Bonchev–Trinajstić information content (AvgIpc) is 2.80. The summed E-state index contributed by atoms with van der Waals surface area (Å²) in [7, 11) is -3.99. The number of sulfonamides is 1. The largest absolute Gasteiger partial charge is 0.321 e. The number of para-hydroxylation sites is 1. The number of nitrogens with zero attached hydrogens (tertiary/aromatic N) is 1. The third kappa shape index (κ3) is 4.52. The summed E-state index contributed by atoms with van der Waals surface area (Å²) < 4.78 is 41.6. The fourth-order valence-electron chi connectivity index (χ4n) is 3.74. The van der Waals surface area contributed by atoms with Crippen molar-refractivity contribution in [2.24, 2.45) is 0 Å². The Bertz CT molecular complexity index is 1190. The number of halogens is 1. The number of hydrogen-bond acceptors (Lipinski definition) is 3. The Kier molecular flexibility index (Phi) is 6.15. The van der Waals surface area contributed by atoms with Gasteiger partial charge in [-0.25, -0.2) is 12.8 Å². The Hall–Kier alpha value is -3.03. The van der Waals surface area contributed by atoms with Crippen LogP contribution in [0.1, 0.15) is 29.6 Å². The fourth-order valence-corrected chi connectivity index (χ4v) is 5.35. The van der Waals surface area contributed by atoms with Gasteiger partial charge in [-0.05, 0) is 42.7 Å². The summed E-state index contributed by atoms with van der Waals surface area (Å²) in [6.07, 6.45) is 2.45. The number of amides is 1. The zero-order valence-corrected chi connectivity index (χ0v) is 17.7. The van der Waals surface area contributed by atoms with E-state index in [1.54, 1.807) is 12.1 Å². The van der Waals surface area contributed by atoms with Crippen molar-refractivity contribution in [2.75, 3.05) is 18.4 Å². The fraction of sp³-hybridized carbons (Fsp3) is 0.208. The second-order valence-corrected chi connectivity index (χ2v) is 9.38. The van der Waals surface area contributed by atoms with E-state index >= 15 is 0 Å². The molecule has 1 aliphatic heterocycles. The van der Waals surface area contributed by atoms with Crippen molar-refractivity contribution in [3.63, 3.8) is 0 Å². The molecule has 0 aliphatic carbocycles. The summed E-state index contributed by atoms with van der Waals surface area (Å²) in [6, 6.07) is 20.4. The van der Waals surface area contributed by atoms with Gasteiger partial charge in [0.2, 0.25) is 10.0 Å². The maximum Gasteiger partial charge on any atom is 0.255 e. The lowest BCUT2D eigenvalue weighted by atomic mass is 10.0. The molecule has 1 N–H and O–H groups in total. The number of rotatable bonds is 5. The maximum absolute atomic E-state index is 14.5. The van der Waals surface area contributed by atoms with Crippen LogP contribution in [0, 0.1) is 5.82 Å². The Labute approximate surface area is 181 Å². The van der Waals surface area contributed by atoms with Gasteiger partial charge in [0.1, 0.15) is 10.7 Å². The minimum Gasteiger partial charge on any atom is -0.321 e. The van der Waals surface area contributed by atoms with E-state index < -0.39 is 26.6 Å². The minimum absolute atomic E-state index is 0.0832. The first-order chi connectivity index (χ1) is 15.0. The van der Waals surface area contributed by atoms with Gasteiger partial charge in [0.25, 0.3) is 5.91 Å². The quantitative estimate of drug-likeness (QED) is 0.615. The first-order valence-electron chi connectivity index (χ1n) is 10.2. The van der Waals surface area contributed by atoms with Crippen LogP contribution < -0.4 is 5.32 Å². The van der Waals surface area contributed by atoms with Crippen LogP contribution in [-0.2, 0) is 10.0 Å². The normalized spacial score (nSPS) is 14.9. The summed E-state index contributed by atoms with van der Waals surface area (Å²) in [5.41, 5.74) is 2.44. The van der Waals surface area contributed by atoms with E-state index in [-0.39, 0.29) is 5.56 Å². The van der Waals surface area contributed by atoms with Gasteiger partial charge in [-0.1, -0.05) is 55.0 Å². The molecule has 0 atom stereocenters. The molecule has 5 nitrogen and oxygen atoms in total. The SMILES string of the molecule is O=C(Nc1ccccc1-c1ccccc1)c1ccc(F)c(S(=O)(=O)N2CCCCC2)c1. The highest BCUT2D eigenvalue weighted by Crippen LogP contribution is 2.29. The van der Waals surface area contributed by atoms with E-state index in [9.17, 15) is 17.6 Å². The molecule has 160 valence electrons. The lowest BCUT2D eigenvalue weighted by molar-refractivity contribution is 0.102. The lowest BCUT2D eigenvalue weighted by Gasteiger charge is -2.26. The van der Waals surface area contributed by atoms with Crippen LogP contribution in [0.25, 0.3) is 11.1 Å². The molecule has 3 aromatic rings. The van der Waals surface area contributed by atoms with Gasteiger partial charge in [0.15, 0.2) is 0 Å². The summed E-state index contributed by atoms with van der Waals surface area (Å²) in [6.45, 7) is 0.727. The highest BCUT2D eigenvalue weighted by molar-refractivity contribution is 7.89. The third-order valence-corrected chi connectivity index (χ3v) is 7.30. The van der Waals surface area contributed by atoms with Gasteiger partial charge in [0.05, 0.1) is 0 Å². The standard InChI is InChI=1S/C24H23FN2O3S/c25-21-14-13-19(17-23(21)31(29,30)27-15-7-2-8-16-27)24(28)26-22-12-6-5-11-20(22)18-9-3-1-4-10-18/h1,3-6,9-14,17H,2,7-8,15-16H2,(H,26,28). The van der Waals surface area contributed by atoms with Gasteiger partial charge < -0.3 is 5.32 Å². The maximum atomic E-state index is 14.5. The highest BCUT2D eigenvalue weighted by Gasteiger charge is 2.29. The van der Waals surface area contributed by atoms with Gasteiger partial charge in [-0.3, -0.25) is 4.79 Å². The molecule has 0 spiro atoms. The molecule has 4 rings (SSSR count). The zero-order valence-electron chi connectivity index (χ0n) is 16.9. The first kappa shape index (κ1) is 21.2. The second kappa shape index (κ2) is 8.99. The highest BCUT2D eigenvalue weighted by atomic mass is 32.2. The van der Waals surface area contributed by atoms with Crippen molar-refractivity contribution in [3.8, 4) is 11.1 Å². The number of carbonyl (C=O) groups is 1. The smallest absolute Gasteiger partial charge is 0.255 e. The van der Waals surface area contributed by atoms with E-state index in [4.69, 9.17) is 0 Å². The molecule has 0 bridgehead atoms. The van der Waals surface area contributed by atoms with E-state index in [1.165, 1.54) is 10.4 Å². The summed E-state index contributed by atoms with van der Waals surface area (Å²) in [5, 5.41) is 2.83. The Morgan fingerprint density at radius 3 is 2.29 bits per heavy atom. The Morgan fingerprint density at radius 2 is 1.55 bits per heavy atom. The van der Waals surface area contributed by atoms with Crippen molar-refractivity contribution in [3.05, 3.63) is 84.2 Å². The molecule has 0 aromatic heterocycles. The van der Waals surface area contributed by atoms with Gasteiger partial charge in [0, 0.05) is 29.9 Å². The van der Waals surface area contributed by atoms with Gasteiger partial charge in [-0.2, -0.15) is 4.31 Å². The van der Waals surface area contributed by atoms with Crippen molar-refractivity contribution in [2.45, 2.75) is 24.2 Å². The monoisotopic (exact) mass is 438 g/mol. The molecule has 31 heavy (non-hydrogen) atoms. The van der Waals surface area contributed by atoms with E-state index in [0.717, 1.165) is 42.5 Å². The second-order valence-electron chi connectivity index (χ2n) is 7.48. The summed E-state index contributed by atoms with van der Waals surface area (Å²) in [5.74, 6) is -1.36. The van der Waals surface area contributed by atoms with Crippen molar-refractivity contribution in [1.82, 2.24) is 4.31 Å². The van der Waals surface area contributed by atoms with Crippen LogP contribution in [0.3, 0.4) is 0 Å². The molecule has 1 aliphatic rings. The minimum atomic E-state index is -3.99. The van der Waals surface area contributed by atoms with Crippen molar-refractivity contribution < 1.29 is 17.6 Å².